The maximum Gasteiger partial charge on any atom is 0.303 e. The molecule has 8 nitrogen and oxygen atoms in total. The van der Waals surface area contributed by atoms with Crippen molar-refractivity contribution in [1.29, 1.82) is 0 Å². The summed E-state index contributed by atoms with van der Waals surface area (Å²) in [6, 6.07) is 10.0. The van der Waals surface area contributed by atoms with Crippen LogP contribution in [-0.4, -0.2) is 27.9 Å². The van der Waals surface area contributed by atoms with Crippen LogP contribution >= 0.6 is 0 Å². The molecular weight excluding hydrogens is 326 g/mol. The number of hydrogen-bond acceptors (Lipinski definition) is 5. The van der Waals surface area contributed by atoms with E-state index in [0.29, 0.717) is 23.0 Å². The van der Waals surface area contributed by atoms with E-state index in [9.17, 15) is 14.4 Å². The van der Waals surface area contributed by atoms with Gasteiger partial charge in [-0.2, -0.15) is 0 Å². The van der Waals surface area contributed by atoms with E-state index in [1.807, 2.05) is 0 Å². The molecule has 0 aliphatic heterocycles. The highest BCUT2D eigenvalue weighted by Gasteiger charge is 2.07. The molecule has 1 aromatic heterocycles. The lowest BCUT2D eigenvalue weighted by Gasteiger charge is -2.08. The van der Waals surface area contributed by atoms with Gasteiger partial charge in [0.25, 0.3) is 0 Å². The van der Waals surface area contributed by atoms with E-state index in [1.165, 1.54) is 13.1 Å². The highest BCUT2D eigenvalue weighted by Crippen LogP contribution is 2.23. The van der Waals surface area contributed by atoms with Crippen LogP contribution in [0.3, 0.4) is 0 Å². The van der Waals surface area contributed by atoms with Gasteiger partial charge in [-0.25, -0.2) is 4.98 Å². The fraction of sp³-hybridized carbons (Fsp3) is 0.176. The molecule has 0 atom stereocenters. The van der Waals surface area contributed by atoms with Crippen molar-refractivity contribution >= 4 is 29.3 Å². The van der Waals surface area contributed by atoms with Crippen LogP contribution in [0.5, 0.6) is 11.5 Å². The van der Waals surface area contributed by atoms with E-state index in [1.54, 1.807) is 36.4 Å². The number of nitrogens with zero attached hydrogens (tertiary/aromatic N) is 1. The zero-order chi connectivity index (χ0) is 18.2. The normalized spacial score (nSPS) is 9.96. The van der Waals surface area contributed by atoms with Crippen molar-refractivity contribution < 1.29 is 24.2 Å². The Hall–Kier alpha value is -3.42. The number of benzene rings is 1. The molecule has 2 rings (SSSR count). The number of rotatable bonds is 7. The van der Waals surface area contributed by atoms with Crippen molar-refractivity contribution in [2.45, 2.75) is 19.8 Å². The quantitative estimate of drug-likeness (QED) is 0.711. The molecule has 0 saturated heterocycles. The first-order valence-electron chi connectivity index (χ1n) is 7.45. The van der Waals surface area contributed by atoms with E-state index < -0.39 is 11.9 Å². The number of nitrogens with one attached hydrogen (secondary N) is 2. The van der Waals surface area contributed by atoms with Crippen LogP contribution in [0.2, 0.25) is 0 Å². The van der Waals surface area contributed by atoms with Gasteiger partial charge in [0, 0.05) is 19.0 Å². The Morgan fingerprint density at radius 1 is 1.00 bits per heavy atom. The average Bonchev–Trinajstić information content (AvgIpc) is 2.56. The van der Waals surface area contributed by atoms with Crippen LogP contribution in [0.25, 0.3) is 0 Å². The van der Waals surface area contributed by atoms with Crippen LogP contribution in [0.1, 0.15) is 19.8 Å². The molecular formula is C17H17N3O5. The number of carboxylic acid groups (broad SMARTS) is 1. The Bertz CT molecular complexity index is 757. The predicted molar refractivity (Wildman–Crippen MR) is 90.6 cm³/mol. The second kappa shape index (κ2) is 8.44. The minimum atomic E-state index is -1.03. The van der Waals surface area contributed by atoms with E-state index in [-0.39, 0.29) is 18.7 Å². The molecule has 0 radical (unpaired) electrons. The number of ether oxygens (including phenoxy) is 1. The van der Waals surface area contributed by atoms with Crippen molar-refractivity contribution in [2.75, 3.05) is 10.6 Å². The van der Waals surface area contributed by atoms with Crippen molar-refractivity contribution in [1.82, 2.24) is 4.98 Å². The number of amides is 2. The molecule has 0 aliphatic carbocycles. The highest BCUT2D eigenvalue weighted by molar-refractivity contribution is 5.91. The molecule has 1 heterocycles. The number of aliphatic carboxylic acids is 1. The largest absolute Gasteiger partial charge is 0.481 e. The van der Waals surface area contributed by atoms with Gasteiger partial charge in [-0.1, -0.05) is 0 Å². The number of carboxylic acids is 1. The number of hydrogen-bond donors (Lipinski definition) is 3. The van der Waals surface area contributed by atoms with Crippen molar-refractivity contribution in [3.05, 3.63) is 42.6 Å². The second-order valence-electron chi connectivity index (χ2n) is 5.13. The number of pyridine rings is 1. The van der Waals surface area contributed by atoms with Gasteiger partial charge < -0.3 is 20.5 Å². The van der Waals surface area contributed by atoms with Crippen LogP contribution in [0.15, 0.2) is 42.6 Å². The van der Waals surface area contributed by atoms with E-state index >= 15 is 0 Å². The van der Waals surface area contributed by atoms with Crippen LogP contribution in [-0.2, 0) is 14.4 Å². The molecule has 3 N–H and O–H groups in total. The number of aromatic nitrogens is 1. The van der Waals surface area contributed by atoms with Gasteiger partial charge in [0.1, 0.15) is 17.3 Å². The Morgan fingerprint density at radius 3 is 2.24 bits per heavy atom. The molecule has 130 valence electrons. The zero-order valence-corrected chi connectivity index (χ0v) is 13.5. The van der Waals surface area contributed by atoms with Crippen LogP contribution < -0.4 is 15.4 Å². The van der Waals surface area contributed by atoms with Crippen molar-refractivity contribution in [2.24, 2.45) is 0 Å². The lowest BCUT2D eigenvalue weighted by atomic mass is 10.3. The second-order valence-corrected chi connectivity index (χ2v) is 5.13. The molecule has 0 saturated carbocycles. The molecule has 0 bridgehead atoms. The molecule has 0 unspecified atom stereocenters. The Labute approximate surface area is 143 Å². The highest BCUT2D eigenvalue weighted by atomic mass is 16.5. The molecule has 8 heteroatoms. The first-order chi connectivity index (χ1) is 11.9. The first-order valence-corrected chi connectivity index (χ1v) is 7.45. The van der Waals surface area contributed by atoms with E-state index in [4.69, 9.17) is 9.84 Å². The van der Waals surface area contributed by atoms with Gasteiger partial charge >= 0.3 is 5.97 Å². The third-order valence-corrected chi connectivity index (χ3v) is 2.98. The summed E-state index contributed by atoms with van der Waals surface area (Å²) in [4.78, 5) is 36.9. The van der Waals surface area contributed by atoms with Gasteiger partial charge in [-0.3, -0.25) is 14.4 Å². The van der Waals surface area contributed by atoms with E-state index in [2.05, 4.69) is 15.6 Å². The van der Waals surface area contributed by atoms with Crippen LogP contribution in [0.4, 0.5) is 11.5 Å². The summed E-state index contributed by atoms with van der Waals surface area (Å²) in [7, 11) is 0. The topological polar surface area (TPSA) is 118 Å². The van der Waals surface area contributed by atoms with Gasteiger partial charge in [0.15, 0.2) is 0 Å². The van der Waals surface area contributed by atoms with Crippen molar-refractivity contribution in [3.63, 3.8) is 0 Å². The Balaban J connectivity index is 1.90. The predicted octanol–water partition coefficient (Wildman–Crippen LogP) is 2.64. The maximum absolute atomic E-state index is 11.5. The fourth-order valence-electron chi connectivity index (χ4n) is 1.89. The minimum absolute atomic E-state index is 0.115. The smallest absolute Gasteiger partial charge is 0.303 e. The Kier molecular flexibility index (Phi) is 6.05. The molecule has 25 heavy (non-hydrogen) atoms. The van der Waals surface area contributed by atoms with Crippen molar-refractivity contribution in [3.8, 4) is 11.5 Å². The SMILES string of the molecule is CC(=O)Nc1ccc(Oc2ccc(NC(=O)CCC(=O)O)nc2)cc1. The maximum atomic E-state index is 11.5. The third kappa shape index (κ3) is 6.30. The summed E-state index contributed by atoms with van der Waals surface area (Å²) in [5, 5.41) is 13.7. The van der Waals surface area contributed by atoms with Gasteiger partial charge in [-0.05, 0) is 36.4 Å². The summed E-state index contributed by atoms with van der Waals surface area (Å²) < 4.78 is 5.61. The molecule has 2 amide bonds. The first kappa shape index (κ1) is 17.9. The number of carbonyl (C=O) groups is 3. The molecule has 0 fully saturated rings. The standard InChI is InChI=1S/C17H17N3O5/c1-11(21)19-12-2-4-13(5-3-12)25-14-6-7-15(18-10-14)20-16(22)8-9-17(23)24/h2-7,10H,8-9H2,1H3,(H,19,21)(H,23,24)(H,18,20,22). The van der Waals surface area contributed by atoms with Gasteiger partial charge in [-0.15, -0.1) is 0 Å². The molecule has 1 aromatic carbocycles. The minimum Gasteiger partial charge on any atom is -0.481 e. The Morgan fingerprint density at radius 2 is 1.68 bits per heavy atom. The zero-order valence-electron chi connectivity index (χ0n) is 13.5. The summed E-state index contributed by atoms with van der Waals surface area (Å²) >= 11 is 0. The lowest BCUT2D eigenvalue weighted by Crippen LogP contribution is -2.13. The monoisotopic (exact) mass is 343 g/mol. The van der Waals surface area contributed by atoms with Gasteiger partial charge in [0.05, 0.1) is 12.6 Å². The summed E-state index contributed by atoms with van der Waals surface area (Å²) in [6.07, 6.45) is 1.09. The summed E-state index contributed by atoms with van der Waals surface area (Å²) in [6.45, 7) is 1.43. The van der Waals surface area contributed by atoms with Gasteiger partial charge in [0.2, 0.25) is 11.8 Å². The van der Waals surface area contributed by atoms with E-state index in [0.717, 1.165) is 0 Å². The van der Waals surface area contributed by atoms with Crippen LogP contribution in [0, 0.1) is 0 Å². The summed E-state index contributed by atoms with van der Waals surface area (Å²) in [5.74, 6) is -0.263. The molecule has 0 aliphatic rings. The molecule has 0 spiro atoms. The average molecular weight is 343 g/mol. The summed E-state index contributed by atoms with van der Waals surface area (Å²) in [5.41, 5.74) is 0.664. The lowest BCUT2D eigenvalue weighted by molar-refractivity contribution is -0.138. The number of carbonyl (C=O) groups excluding carboxylic acids is 2. The fourth-order valence-corrected chi connectivity index (χ4v) is 1.89. The third-order valence-electron chi connectivity index (χ3n) is 2.98. The number of anilines is 2. The molecule has 2 aromatic rings.